The Bertz CT molecular complexity index is 598. The Morgan fingerprint density at radius 2 is 2.35 bits per heavy atom. The van der Waals surface area contributed by atoms with Gasteiger partial charge in [0, 0.05) is 24.4 Å². The number of anilines is 2. The maximum atomic E-state index is 11.3. The molecule has 0 amide bonds. The molecular weight excluding hydrogens is 274 g/mol. The van der Waals surface area contributed by atoms with Gasteiger partial charge in [0.2, 0.25) is 0 Å². The summed E-state index contributed by atoms with van der Waals surface area (Å²) in [4.78, 5) is 18.6. The van der Waals surface area contributed by atoms with Gasteiger partial charge in [0.05, 0.1) is 11.9 Å². The summed E-state index contributed by atoms with van der Waals surface area (Å²) in [5, 5.41) is 11.3. The van der Waals surface area contributed by atoms with Crippen molar-refractivity contribution in [2.75, 3.05) is 17.7 Å². The number of hydrogen-bond acceptors (Lipinski definition) is 5. The zero-order chi connectivity index (χ0) is 14.7. The molecule has 5 nitrogen and oxygen atoms in total. The molecule has 6 heteroatoms. The van der Waals surface area contributed by atoms with E-state index in [1.165, 1.54) is 17.1 Å². The Kier molecular flexibility index (Phi) is 4.24. The second kappa shape index (κ2) is 5.92. The Balaban J connectivity index is 2.24. The van der Waals surface area contributed by atoms with Crippen LogP contribution >= 0.6 is 11.3 Å². The maximum absolute atomic E-state index is 11.3. The average molecular weight is 291 g/mol. The predicted octanol–water partition coefficient (Wildman–Crippen LogP) is 2.49. The molecule has 0 fully saturated rings. The SMILES string of the molecule is CC(Cc1cccs1)N(C)c1ncc(N)cc1C(=O)O. The molecule has 0 aliphatic heterocycles. The van der Waals surface area contributed by atoms with E-state index in [9.17, 15) is 9.90 Å². The van der Waals surface area contributed by atoms with E-state index < -0.39 is 5.97 Å². The quantitative estimate of drug-likeness (QED) is 0.884. The van der Waals surface area contributed by atoms with Gasteiger partial charge in [-0.1, -0.05) is 6.07 Å². The molecule has 2 aromatic heterocycles. The van der Waals surface area contributed by atoms with Crippen molar-refractivity contribution in [1.29, 1.82) is 0 Å². The second-order valence-electron chi connectivity index (χ2n) is 4.69. The van der Waals surface area contributed by atoms with Crippen molar-refractivity contribution < 1.29 is 9.90 Å². The third-order valence-corrected chi connectivity index (χ3v) is 4.09. The molecular formula is C14H17N3O2S. The van der Waals surface area contributed by atoms with Crippen LogP contribution in [0.15, 0.2) is 29.8 Å². The highest BCUT2D eigenvalue weighted by Gasteiger charge is 2.19. The van der Waals surface area contributed by atoms with Crippen LogP contribution in [0.2, 0.25) is 0 Å². The number of hydrogen-bond donors (Lipinski definition) is 2. The molecule has 1 atom stereocenters. The number of carboxylic acids is 1. The summed E-state index contributed by atoms with van der Waals surface area (Å²) in [6, 6.07) is 5.67. The highest BCUT2D eigenvalue weighted by molar-refractivity contribution is 7.09. The fraction of sp³-hybridized carbons (Fsp3) is 0.286. The van der Waals surface area contributed by atoms with Crippen molar-refractivity contribution in [2.45, 2.75) is 19.4 Å². The number of aromatic nitrogens is 1. The van der Waals surface area contributed by atoms with E-state index in [-0.39, 0.29) is 11.6 Å². The summed E-state index contributed by atoms with van der Waals surface area (Å²) in [7, 11) is 1.85. The lowest BCUT2D eigenvalue weighted by molar-refractivity contribution is 0.0697. The first-order valence-electron chi connectivity index (χ1n) is 6.23. The lowest BCUT2D eigenvalue weighted by atomic mass is 10.1. The van der Waals surface area contributed by atoms with Gasteiger partial charge in [-0.25, -0.2) is 9.78 Å². The van der Waals surface area contributed by atoms with Gasteiger partial charge in [-0.2, -0.15) is 0 Å². The molecule has 0 spiro atoms. The summed E-state index contributed by atoms with van der Waals surface area (Å²) < 4.78 is 0. The van der Waals surface area contributed by atoms with Gasteiger partial charge < -0.3 is 15.7 Å². The van der Waals surface area contributed by atoms with Gasteiger partial charge >= 0.3 is 5.97 Å². The number of likely N-dealkylation sites (N-methyl/N-ethyl adjacent to an activating group) is 1. The normalized spacial score (nSPS) is 12.1. The van der Waals surface area contributed by atoms with Crippen molar-refractivity contribution in [3.8, 4) is 0 Å². The van der Waals surface area contributed by atoms with Crippen molar-refractivity contribution in [3.05, 3.63) is 40.2 Å². The van der Waals surface area contributed by atoms with Crippen molar-refractivity contribution >= 4 is 28.8 Å². The Labute approximate surface area is 121 Å². The van der Waals surface area contributed by atoms with E-state index >= 15 is 0 Å². The zero-order valence-electron chi connectivity index (χ0n) is 11.4. The number of thiophene rings is 1. The summed E-state index contributed by atoms with van der Waals surface area (Å²) >= 11 is 1.69. The van der Waals surface area contributed by atoms with Crippen LogP contribution < -0.4 is 10.6 Å². The highest BCUT2D eigenvalue weighted by atomic mass is 32.1. The molecule has 106 valence electrons. The van der Waals surface area contributed by atoms with Crippen LogP contribution in [-0.4, -0.2) is 29.1 Å². The van der Waals surface area contributed by atoms with Crippen LogP contribution in [-0.2, 0) is 6.42 Å². The van der Waals surface area contributed by atoms with Crippen molar-refractivity contribution in [1.82, 2.24) is 4.98 Å². The molecule has 0 bridgehead atoms. The van der Waals surface area contributed by atoms with E-state index in [4.69, 9.17) is 5.73 Å². The molecule has 0 radical (unpaired) electrons. The lowest BCUT2D eigenvalue weighted by Crippen LogP contribution is -2.32. The summed E-state index contributed by atoms with van der Waals surface area (Å²) in [6.07, 6.45) is 2.33. The molecule has 20 heavy (non-hydrogen) atoms. The van der Waals surface area contributed by atoms with E-state index in [2.05, 4.69) is 11.1 Å². The smallest absolute Gasteiger partial charge is 0.339 e. The molecule has 0 saturated carbocycles. The van der Waals surface area contributed by atoms with Crippen LogP contribution in [0, 0.1) is 0 Å². The lowest BCUT2D eigenvalue weighted by Gasteiger charge is -2.27. The zero-order valence-corrected chi connectivity index (χ0v) is 12.2. The largest absolute Gasteiger partial charge is 0.478 e. The van der Waals surface area contributed by atoms with Gasteiger partial charge in [-0.3, -0.25) is 0 Å². The molecule has 1 unspecified atom stereocenters. The second-order valence-corrected chi connectivity index (χ2v) is 5.72. The third-order valence-electron chi connectivity index (χ3n) is 3.19. The van der Waals surface area contributed by atoms with E-state index in [1.807, 2.05) is 30.3 Å². The van der Waals surface area contributed by atoms with Gasteiger partial charge in [0.1, 0.15) is 11.4 Å². The summed E-state index contributed by atoms with van der Waals surface area (Å²) in [5.74, 6) is -0.578. The van der Waals surface area contributed by atoms with Gasteiger partial charge in [-0.05, 0) is 24.4 Å². The Hall–Kier alpha value is -2.08. The molecule has 3 N–H and O–H groups in total. The molecule has 2 aromatic rings. The fourth-order valence-corrected chi connectivity index (χ4v) is 2.80. The standard InChI is InChI=1S/C14H17N3O2S/c1-9(6-11-4-3-5-20-11)17(2)13-12(14(18)19)7-10(15)8-16-13/h3-5,7-9H,6,15H2,1-2H3,(H,18,19). The van der Waals surface area contributed by atoms with E-state index in [0.29, 0.717) is 11.5 Å². The van der Waals surface area contributed by atoms with Crippen molar-refractivity contribution in [3.63, 3.8) is 0 Å². The van der Waals surface area contributed by atoms with Crippen LogP contribution in [0.3, 0.4) is 0 Å². The third kappa shape index (κ3) is 3.08. The molecule has 0 saturated heterocycles. The Morgan fingerprint density at radius 3 is 2.95 bits per heavy atom. The van der Waals surface area contributed by atoms with Crippen LogP contribution in [0.5, 0.6) is 0 Å². The number of aromatic carboxylic acids is 1. The number of nitrogen functional groups attached to an aromatic ring is 1. The van der Waals surface area contributed by atoms with Gasteiger partial charge in [0.25, 0.3) is 0 Å². The van der Waals surface area contributed by atoms with E-state index in [0.717, 1.165) is 6.42 Å². The number of nitrogens with two attached hydrogens (primary N) is 1. The highest BCUT2D eigenvalue weighted by Crippen LogP contribution is 2.23. The number of carbonyl (C=O) groups is 1. The van der Waals surface area contributed by atoms with Crippen LogP contribution in [0.4, 0.5) is 11.5 Å². The Morgan fingerprint density at radius 1 is 1.60 bits per heavy atom. The predicted molar refractivity (Wildman–Crippen MR) is 81.5 cm³/mol. The average Bonchev–Trinajstić information content (AvgIpc) is 2.90. The maximum Gasteiger partial charge on any atom is 0.339 e. The minimum Gasteiger partial charge on any atom is -0.478 e. The van der Waals surface area contributed by atoms with Crippen molar-refractivity contribution in [2.24, 2.45) is 0 Å². The summed E-state index contributed by atoms with van der Waals surface area (Å²) in [6.45, 7) is 2.05. The molecule has 2 heterocycles. The number of rotatable bonds is 5. The molecule has 2 rings (SSSR count). The first kappa shape index (κ1) is 14.3. The monoisotopic (exact) mass is 291 g/mol. The van der Waals surface area contributed by atoms with Crippen LogP contribution in [0.25, 0.3) is 0 Å². The molecule has 0 aliphatic carbocycles. The fourth-order valence-electron chi connectivity index (χ4n) is 1.98. The van der Waals surface area contributed by atoms with Gasteiger partial charge in [-0.15, -0.1) is 11.3 Å². The van der Waals surface area contributed by atoms with Crippen LogP contribution in [0.1, 0.15) is 22.2 Å². The molecule has 0 aromatic carbocycles. The number of carboxylic acid groups (broad SMARTS) is 1. The number of pyridine rings is 1. The van der Waals surface area contributed by atoms with E-state index in [1.54, 1.807) is 11.3 Å². The first-order valence-corrected chi connectivity index (χ1v) is 7.11. The minimum atomic E-state index is -1.02. The number of nitrogens with zero attached hydrogens (tertiary/aromatic N) is 2. The molecule has 0 aliphatic rings. The first-order chi connectivity index (χ1) is 9.49. The minimum absolute atomic E-state index is 0.130. The topological polar surface area (TPSA) is 79.5 Å². The summed E-state index contributed by atoms with van der Waals surface area (Å²) in [5.41, 5.74) is 6.09. The van der Waals surface area contributed by atoms with Gasteiger partial charge in [0.15, 0.2) is 0 Å².